The van der Waals surface area contributed by atoms with Crippen LogP contribution < -0.4 is 5.32 Å². The summed E-state index contributed by atoms with van der Waals surface area (Å²) >= 11 is 0. The van der Waals surface area contributed by atoms with Crippen molar-refractivity contribution in [3.05, 3.63) is 0 Å². The molecule has 7 nitrogen and oxygen atoms in total. The van der Waals surface area contributed by atoms with Crippen LogP contribution >= 0.6 is 0 Å². The van der Waals surface area contributed by atoms with Crippen LogP contribution in [0.3, 0.4) is 0 Å². The van der Waals surface area contributed by atoms with Crippen molar-refractivity contribution in [2.24, 2.45) is 0 Å². The minimum absolute atomic E-state index is 0.0549. The molecule has 26 heavy (non-hydrogen) atoms. The standard InChI is InChI=1S/C19H36N4O3/c1-5-7-13-20-17(24)23(26)16-19(3,4)22(15-11-9-10-12-15)18(25)21(16)14-8-6-2/h15-16,26H,5-14H2,1-4H3,(H,20,24). The lowest BCUT2D eigenvalue weighted by Gasteiger charge is -2.40. The van der Waals surface area contributed by atoms with Gasteiger partial charge < -0.3 is 10.2 Å². The number of urea groups is 2. The van der Waals surface area contributed by atoms with E-state index in [0.717, 1.165) is 56.4 Å². The summed E-state index contributed by atoms with van der Waals surface area (Å²) in [5.74, 6) is 0. The van der Waals surface area contributed by atoms with E-state index in [9.17, 15) is 14.8 Å². The minimum Gasteiger partial charge on any atom is -0.336 e. The molecule has 2 N–H and O–H groups in total. The molecule has 7 heteroatoms. The monoisotopic (exact) mass is 368 g/mol. The van der Waals surface area contributed by atoms with Crippen molar-refractivity contribution in [2.75, 3.05) is 13.1 Å². The number of hydrogen-bond acceptors (Lipinski definition) is 3. The van der Waals surface area contributed by atoms with E-state index in [1.165, 1.54) is 0 Å². The fraction of sp³-hybridized carbons (Fsp3) is 0.895. The van der Waals surface area contributed by atoms with E-state index < -0.39 is 17.7 Å². The topological polar surface area (TPSA) is 76.1 Å². The van der Waals surface area contributed by atoms with Crippen LogP contribution in [0.15, 0.2) is 0 Å². The van der Waals surface area contributed by atoms with E-state index in [0.29, 0.717) is 13.1 Å². The number of hydrogen-bond donors (Lipinski definition) is 2. The molecule has 2 aliphatic rings. The first-order chi connectivity index (χ1) is 12.4. The van der Waals surface area contributed by atoms with Gasteiger partial charge in [-0.25, -0.2) is 9.59 Å². The molecule has 0 spiro atoms. The predicted octanol–water partition coefficient (Wildman–Crippen LogP) is 3.77. The van der Waals surface area contributed by atoms with Gasteiger partial charge in [0.1, 0.15) is 0 Å². The van der Waals surface area contributed by atoms with Crippen molar-refractivity contribution in [2.45, 2.75) is 96.8 Å². The second-order valence-corrected chi connectivity index (χ2v) is 8.10. The number of hydroxylamine groups is 2. The molecule has 1 heterocycles. The zero-order chi connectivity index (χ0) is 19.3. The first kappa shape index (κ1) is 20.8. The van der Waals surface area contributed by atoms with E-state index in [1.54, 1.807) is 4.90 Å². The van der Waals surface area contributed by atoms with Gasteiger partial charge in [-0.2, -0.15) is 5.06 Å². The SMILES string of the molecule is CCCCNC(=O)N(O)C1N(CCCC)C(=O)N(C2CCCC2)C1(C)C. The van der Waals surface area contributed by atoms with E-state index in [4.69, 9.17) is 0 Å². The normalized spacial score (nSPS) is 23.0. The molecule has 1 atom stereocenters. The molecule has 2 rings (SSSR count). The number of nitrogens with zero attached hydrogens (tertiary/aromatic N) is 3. The lowest BCUT2D eigenvalue weighted by molar-refractivity contribution is -0.135. The number of rotatable bonds is 8. The predicted molar refractivity (Wildman–Crippen MR) is 101 cm³/mol. The molecule has 150 valence electrons. The second kappa shape index (κ2) is 8.93. The maximum absolute atomic E-state index is 13.2. The van der Waals surface area contributed by atoms with Crippen LogP contribution in [0.25, 0.3) is 0 Å². The minimum atomic E-state index is -0.677. The summed E-state index contributed by atoms with van der Waals surface area (Å²) in [5.41, 5.74) is -0.642. The number of nitrogens with one attached hydrogen (secondary N) is 1. The summed E-state index contributed by atoms with van der Waals surface area (Å²) in [5, 5.41) is 14.2. The van der Waals surface area contributed by atoms with Gasteiger partial charge in [-0.05, 0) is 39.5 Å². The Morgan fingerprint density at radius 1 is 1.23 bits per heavy atom. The highest BCUT2D eigenvalue weighted by Gasteiger charge is 2.57. The molecular weight excluding hydrogens is 332 g/mol. The van der Waals surface area contributed by atoms with Crippen molar-refractivity contribution >= 4 is 12.1 Å². The van der Waals surface area contributed by atoms with Gasteiger partial charge in [-0.3, -0.25) is 10.1 Å². The summed E-state index contributed by atoms with van der Waals surface area (Å²) < 4.78 is 0. The first-order valence-electron chi connectivity index (χ1n) is 10.2. The van der Waals surface area contributed by atoms with Gasteiger partial charge in [0.2, 0.25) is 0 Å². The highest BCUT2D eigenvalue weighted by molar-refractivity contribution is 5.81. The third-order valence-corrected chi connectivity index (χ3v) is 5.69. The van der Waals surface area contributed by atoms with Gasteiger partial charge >= 0.3 is 12.1 Å². The van der Waals surface area contributed by atoms with Crippen LogP contribution in [0.2, 0.25) is 0 Å². The summed E-state index contributed by atoms with van der Waals surface area (Å²) in [7, 11) is 0. The molecule has 1 unspecified atom stereocenters. The van der Waals surface area contributed by atoms with Crippen LogP contribution in [-0.2, 0) is 0 Å². The van der Waals surface area contributed by atoms with Gasteiger partial charge in [-0.15, -0.1) is 0 Å². The summed E-state index contributed by atoms with van der Waals surface area (Å²) in [6, 6.07) is -0.386. The molecule has 1 saturated carbocycles. The Morgan fingerprint density at radius 2 is 1.85 bits per heavy atom. The molecular formula is C19H36N4O3. The smallest absolute Gasteiger partial charge is 0.336 e. The lowest BCUT2D eigenvalue weighted by Crippen LogP contribution is -2.59. The van der Waals surface area contributed by atoms with Gasteiger partial charge in [0.05, 0.1) is 5.54 Å². The maximum Gasteiger partial charge on any atom is 0.343 e. The molecule has 4 amide bonds. The van der Waals surface area contributed by atoms with E-state index >= 15 is 0 Å². The van der Waals surface area contributed by atoms with Crippen molar-refractivity contribution in [3.63, 3.8) is 0 Å². The molecule has 1 aliphatic carbocycles. The van der Waals surface area contributed by atoms with Gasteiger partial charge in [-0.1, -0.05) is 39.5 Å². The summed E-state index contributed by atoms with van der Waals surface area (Å²) in [6.45, 7) is 9.11. The van der Waals surface area contributed by atoms with Gasteiger partial charge in [0, 0.05) is 19.1 Å². The van der Waals surface area contributed by atoms with Gasteiger partial charge in [0.25, 0.3) is 0 Å². The van der Waals surface area contributed by atoms with E-state index in [-0.39, 0.29) is 12.1 Å². The van der Waals surface area contributed by atoms with E-state index in [1.807, 2.05) is 25.7 Å². The highest BCUT2D eigenvalue weighted by Crippen LogP contribution is 2.40. The zero-order valence-electron chi connectivity index (χ0n) is 16.8. The maximum atomic E-state index is 13.2. The Hall–Kier alpha value is -1.50. The lowest BCUT2D eigenvalue weighted by atomic mass is 9.97. The molecule has 0 aromatic heterocycles. The van der Waals surface area contributed by atoms with Crippen molar-refractivity contribution in [3.8, 4) is 0 Å². The van der Waals surface area contributed by atoms with Crippen LogP contribution in [-0.4, -0.2) is 63.0 Å². The molecule has 0 radical (unpaired) electrons. The van der Waals surface area contributed by atoms with Crippen LogP contribution in [0, 0.1) is 0 Å². The highest BCUT2D eigenvalue weighted by atomic mass is 16.5. The van der Waals surface area contributed by atoms with Gasteiger partial charge in [0.15, 0.2) is 6.17 Å². The number of amides is 4. The van der Waals surface area contributed by atoms with Crippen molar-refractivity contribution in [1.82, 2.24) is 20.2 Å². The van der Waals surface area contributed by atoms with Crippen LogP contribution in [0.4, 0.5) is 9.59 Å². The largest absolute Gasteiger partial charge is 0.343 e. The Balaban J connectivity index is 2.23. The molecule has 1 aliphatic heterocycles. The molecule has 0 bridgehead atoms. The van der Waals surface area contributed by atoms with Crippen molar-refractivity contribution in [1.29, 1.82) is 0 Å². The average Bonchev–Trinajstić information content (AvgIpc) is 3.17. The Labute approximate surface area is 157 Å². The fourth-order valence-electron chi connectivity index (χ4n) is 4.33. The molecule has 1 saturated heterocycles. The Bertz CT molecular complexity index is 491. The van der Waals surface area contributed by atoms with Crippen molar-refractivity contribution < 1.29 is 14.8 Å². The molecule has 2 fully saturated rings. The third kappa shape index (κ3) is 4.08. The molecule has 0 aromatic carbocycles. The second-order valence-electron chi connectivity index (χ2n) is 8.10. The number of unbranched alkanes of at least 4 members (excludes halogenated alkanes) is 2. The quantitative estimate of drug-likeness (QED) is 0.389. The van der Waals surface area contributed by atoms with E-state index in [2.05, 4.69) is 12.2 Å². The summed E-state index contributed by atoms with van der Waals surface area (Å²) in [4.78, 5) is 29.3. The Kier molecular flexibility index (Phi) is 7.15. The average molecular weight is 369 g/mol. The first-order valence-corrected chi connectivity index (χ1v) is 10.2. The number of carbonyl (C=O) groups is 2. The number of carbonyl (C=O) groups excluding carboxylic acids is 2. The van der Waals surface area contributed by atoms with Crippen LogP contribution in [0.1, 0.15) is 79.1 Å². The third-order valence-electron chi connectivity index (χ3n) is 5.69. The summed E-state index contributed by atoms with van der Waals surface area (Å²) in [6.07, 6.45) is 7.21. The van der Waals surface area contributed by atoms with Crippen LogP contribution in [0.5, 0.6) is 0 Å². The zero-order valence-corrected chi connectivity index (χ0v) is 16.8. The Morgan fingerprint density at radius 3 is 2.42 bits per heavy atom. The molecule has 0 aromatic rings. The fourth-order valence-corrected chi connectivity index (χ4v) is 4.33.